The van der Waals surface area contributed by atoms with Crippen molar-refractivity contribution in [2.75, 3.05) is 4.90 Å². The number of aryl methyl sites for hydroxylation is 1. The Labute approximate surface area is 226 Å². The topological polar surface area (TPSA) is 63.1 Å². The van der Waals surface area contributed by atoms with Crippen LogP contribution >= 0.6 is 11.6 Å². The fourth-order valence-electron chi connectivity index (χ4n) is 5.51. The lowest BCUT2D eigenvalue weighted by atomic mass is 9.78. The van der Waals surface area contributed by atoms with Gasteiger partial charge in [-0.3, -0.25) is 4.79 Å². The average molecular weight is 530 g/mol. The minimum absolute atomic E-state index is 0.140. The summed E-state index contributed by atoms with van der Waals surface area (Å²) in [5, 5.41) is 12.2. The van der Waals surface area contributed by atoms with Crippen molar-refractivity contribution in [1.29, 1.82) is 0 Å². The number of anilines is 1. The Morgan fingerprint density at radius 1 is 1.08 bits per heavy atom. The van der Waals surface area contributed by atoms with E-state index in [2.05, 4.69) is 22.4 Å². The number of aromatic nitrogens is 3. The van der Waals surface area contributed by atoms with Crippen molar-refractivity contribution < 1.29 is 9.18 Å². The van der Waals surface area contributed by atoms with Crippen LogP contribution in [0, 0.1) is 0 Å². The van der Waals surface area contributed by atoms with Gasteiger partial charge in [0.25, 0.3) is 5.91 Å². The van der Waals surface area contributed by atoms with Crippen molar-refractivity contribution >= 4 is 23.2 Å². The number of halogens is 2. The third kappa shape index (κ3) is 4.10. The fraction of sp³-hybridized carbons (Fsp3) is 0.300. The molecule has 1 N–H and O–H groups in total. The molecule has 0 radical (unpaired) electrons. The third-order valence-corrected chi connectivity index (χ3v) is 8.31. The van der Waals surface area contributed by atoms with Gasteiger partial charge in [0.15, 0.2) is 5.82 Å². The molecule has 0 spiro atoms. The van der Waals surface area contributed by atoms with E-state index in [-0.39, 0.29) is 17.3 Å². The first-order valence-corrected chi connectivity index (χ1v) is 13.2. The number of hydrogen-bond acceptors (Lipinski definition) is 4. The van der Waals surface area contributed by atoms with Crippen molar-refractivity contribution in [3.8, 4) is 0 Å². The quantitative estimate of drug-likeness (QED) is 0.323. The van der Waals surface area contributed by atoms with Crippen LogP contribution in [0.4, 0.5) is 10.1 Å². The molecule has 0 bridgehead atoms. The molecule has 38 heavy (non-hydrogen) atoms. The summed E-state index contributed by atoms with van der Waals surface area (Å²) < 4.78 is 18.8. The number of carbonyl (C=O) groups excluding carboxylic acids is 1. The molecule has 3 aromatic carbocycles. The van der Waals surface area contributed by atoms with E-state index in [9.17, 15) is 4.79 Å². The first-order valence-electron chi connectivity index (χ1n) is 12.9. The van der Waals surface area contributed by atoms with Crippen molar-refractivity contribution in [3.05, 3.63) is 112 Å². The molecule has 1 fully saturated rings. The number of alkyl halides is 1. The number of nitrogens with one attached hydrogen (secondary N) is 1. The van der Waals surface area contributed by atoms with Crippen molar-refractivity contribution in [3.63, 3.8) is 0 Å². The van der Waals surface area contributed by atoms with Crippen LogP contribution < -0.4 is 10.2 Å². The Morgan fingerprint density at radius 3 is 2.53 bits per heavy atom. The van der Waals surface area contributed by atoms with Gasteiger partial charge in [0, 0.05) is 52.1 Å². The molecule has 194 valence electrons. The van der Waals surface area contributed by atoms with Gasteiger partial charge in [0.1, 0.15) is 6.33 Å². The zero-order chi connectivity index (χ0) is 26.5. The predicted molar refractivity (Wildman–Crippen MR) is 146 cm³/mol. The van der Waals surface area contributed by atoms with Gasteiger partial charge in [0.05, 0.1) is 6.54 Å². The van der Waals surface area contributed by atoms with Crippen LogP contribution in [0.1, 0.15) is 64.6 Å². The van der Waals surface area contributed by atoms with E-state index < -0.39 is 5.67 Å². The van der Waals surface area contributed by atoms with E-state index in [0.29, 0.717) is 40.5 Å². The molecule has 6 nitrogen and oxygen atoms in total. The summed E-state index contributed by atoms with van der Waals surface area (Å²) in [7, 11) is 1.72. The monoisotopic (exact) mass is 529 g/mol. The van der Waals surface area contributed by atoms with Crippen molar-refractivity contribution in [2.45, 2.75) is 50.5 Å². The van der Waals surface area contributed by atoms with Gasteiger partial charge in [-0.15, -0.1) is 10.2 Å². The highest BCUT2D eigenvalue weighted by Gasteiger charge is 2.42. The van der Waals surface area contributed by atoms with E-state index in [1.807, 2.05) is 24.3 Å². The predicted octanol–water partition coefficient (Wildman–Crippen LogP) is 5.92. The lowest BCUT2D eigenvalue weighted by Crippen LogP contribution is -2.47. The number of carbonyl (C=O) groups is 1. The number of rotatable bonds is 7. The van der Waals surface area contributed by atoms with E-state index in [1.165, 1.54) is 12.7 Å². The first-order chi connectivity index (χ1) is 18.3. The van der Waals surface area contributed by atoms with Gasteiger partial charge in [-0.05, 0) is 56.0 Å². The van der Waals surface area contributed by atoms with Crippen LogP contribution in [0.3, 0.4) is 0 Å². The normalized spacial score (nSPS) is 17.7. The lowest BCUT2D eigenvalue weighted by molar-refractivity contribution is 0.0996. The molecule has 4 aromatic rings. The lowest BCUT2D eigenvalue weighted by Gasteiger charge is -2.39. The molecule has 0 unspecified atom stereocenters. The Kier molecular flexibility index (Phi) is 6.08. The van der Waals surface area contributed by atoms with E-state index in [0.717, 1.165) is 24.0 Å². The Morgan fingerprint density at radius 2 is 1.84 bits per heavy atom. The second-order valence-electron chi connectivity index (χ2n) is 10.6. The van der Waals surface area contributed by atoms with Gasteiger partial charge in [0.2, 0.25) is 5.67 Å². The van der Waals surface area contributed by atoms with E-state index >= 15 is 4.39 Å². The summed E-state index contributed by atoms with van der Waals surface area (Å²) in [5.74, 6) is 0.0239. The maximum atomic E-state index is 17.2. The number of amides is 1. The van der Waals surface area contributed by atoms with Gasteiger partial charge in [-0.2, -0.15) is 0 Å². The highest BCUT2D eigenvalue weighted by Crippen LogP contribution is 2.42. The van der Waals surface area contributed by atoms with Crippen LogP contribution in [0.2, 0.25) is 5.02 Å². The number of benzene rings is 3. The van der Waals surface area contributed by atoms with Crippen LogP contribution in [0.25, 0.3) is 0 Å². The largest absolute Gasteiger partial charge is 0.317 e. The molecule has 0 saturated heterocycles. The molecular formula is C30H29ClFN5O. The Bertz CT molecular complexity index is 1520. The fourth-order valence-corrected chi connectivity index (χ4v) is 5.81. The summed E-state index contributed by atoms with van der Waals surface area (Å²) in [4.78, 5) is 15.3. The summed E-state index contributed by atoms with van der Waals surface area (Å²) in [6, 6.07) is 19.8. The van der Waals surface area contributed by atoms with Gasteiger partial charge in [-0.25, -0.2) is 4.39 Å². The van der Waals surface area contributed by atoms with Crippen LogP contribution in [0.5, 0.6) is 0 Å². The van der Waals surface area contributed by atoms with Crippen LogP contribution in [0.15, 0.2) is 73.1 Å². The van der Waals surface area contributed by atoms with Gasteiger partial charge in [-0.1, -0.05) is 54.1 Å². The molecule has 2 aliphatic rings. The Balaban J connectivity index is 1.34. The van der Waals surface area contributed by atoms with Crippen molar-refractivity contribution in [2.24, 2.45) is 7.05 Å². The summed E-state index contributed by atoms with van der Waals surface area (Å²) in [6.07, 6.45) is 5.03. The molecule has 1 aromatic heterocycles. The second kappa shape index (κ2) is 9.33. The molecule has 1 aliphatic heterocycles. The third-order valence-electron chi connectivity index (χ3n) is 7.97. The zero-order valence-electron chi connectivity index (χ0n) is 21.4. The first kappa shape index (κ1) is 24.8. The minimum Gasteiger partial charge on any atom is -0.317 e. The smallest absolute Gasteiger partial charge is 0.258 e. The van der Waals surface area contributed by atoms with E-state index in [4.69, 9.17) is 11.6 Å². The second-order valence-corrected chi connectivity index (χ2v) is 11.0. The number of fused-ring (bicyclic) bond motifs is 1. The van der Waals surface area contributed by atoms with Gasteiger partial charge < -0.3 is 14.8 Å². The van der Waals surface area contributed by atoms with Gasteiger partial charge >= 0.3 is 0 Å². The summed E-state index contributed by atoms with van der Waals surface area (Å²) >= 11 is 6.67. The maximum Gasteiger partial charge on any atom is 0.258 e. The molecule has 1 saturated carbocycles. The molecule has 1 atom stereocenters. The number of hydrogen-bond donors (Lipinski definition) is 1. The van der Waals surface area contributed by atoms with E-state index in [1.54, 1.807) is 59.0 Å². The molecule has 2 heterocycles. The maximum absolute atomic E-state index is 17.2. The average Bonchev–Trinajstić information content (AvgIpc) is 3.50. The van der Waals surface area contributed by atoms with Crippen molar-refractivity contribution in [1.82, 2.24) is 20.1 Å². The highest BCUT2D eigenvalue weighted by atomic mass is 35.5. The molecule has 1 amide bonds. The minimum atomic E-state index is -2.06. The number of nitrogens with zero attached hydrogens (tertiary/aromatic N) is 4. The SMILES string of the molecule is Cn1cnnc1[C@](F)(c1ccccc1)c1cccc(N2Cc3c(Cl)cc(CNC4(C)CCC4)cc3C2=O)c1. The molecule has 6 rings (SSSR count). The highest BCUT2D eigenvalue weighted by molar-refractivity contribution is 6.32. The summed E-state index contributed by atoms with van der Waals surface area (Å²) in [6.45, 7) is 3.22. The molecular weight excluding hydrogens is 501 g/mol. The zero-order valence-corrected chi connectivity index (χ0v) is 22.2. The standard InChI is InChI=1S/C30H29ClFN5O/c1-29(12-7-13-29)33-17-20-14-24-25(26(31)15-20)18-37(27(24)38)23-11-6-10-22(16-23)30(32,21-8-4-3-5-9-21)28-35-34-19-36(28)2/h3-6,8-11,14-16,19,33H,7,12-13,17-18H2,1-2H3/t30-/m0/s1. The Hall–Kier alpha value is -3.55. The summed E-state index contributed by atoms with van der Waals surface area (Å²) in [5.41, 5.74) is 1.87. The molecule has 1 aliphatic carbocycles. The molecule has 8 heteroatoms. The van der Waals surface area contributed by atoms with Crippen LogP contribution in [-0.2, 0) is 25.8 Å². The van der Waals surface area contributed by atoms with Crippen LogP contribution in [-0.4, -0.2) is 26.2 Å².